The number of carbonyl (C=O) groups excluding carboxylic acids is 3. The molecule has 1 aromatic carbocycles. The number of nitrogens with zero attached hydrogens (tertiary/aromatic N) is 2. The first-order chi connectivity index (χ1) is 17.5. The summed E-state index contributed by atoms with van der Waals surface area (Å²) in [5, 5.41) is 5.48. The van der Waals surface area contributed by atoms with Crippen molar-refractivity contribution in [2.45, 2.75) is 25.4 Å². The van der Waals surface area contributed by atoms with Crippen molar-refractivity contribution in [1.82, 2.24) is 15.2 Å². The molecule has 0 saturated heterocycles. The van der Waals surface area contributed by atoms with Gasteiger partial charge in [-0.25, -0.2) is 4.98 Å². The van der Waals surface area contributed by atoms with Gasteiger partial charge in [-0.2, -0.15) is 0 Å². The van der Waals surface area contributed by atoms with Gasteiger partial charge in [-0.3, -0.25) is 14.4 Å². The summed E-state index contributed by atoms with van der Waals surface area (Å²) in [6, 6.07) is 14.5. The minimum Gasteiger partial charge on any atom is -0.497 e. The minimum absolute atomic E-state index is 0.0437. The zero-order chi connectivity index (χ0) is 25.8. The van der Waals surface area contributed by atoms with Gasteiger partial charge < -0.3 is 29.4 Å². The summed E-state index contributed by atoms with van der Waals surface area (Å²) in [5.41, 5.74) is 0.587. The first-order valence-corrected chi connectivity index (χ1v) is 11.4. The Bertz CT molecular complexity index is 1100. The smallest absolute Gasteiger partial charge is 0.247 e. The fourth-order valence-corrected chi connectivity index (χ4v) is 3.53. The number of anilines is 1. The van der Waals surface area contributed by atoms with Crippen LogP contribution in [0.4, 0.5) is 5.82 Å². The number of ether oxygens (including phenoxy) is 2. The molecule has 36 heavy (non-hydrogen) atoms. The Kier molecular flexibility index (Phi) is 10.0. The van der Waals surface area contributed by atoms with Crippen LogP contribution in [0.5, 0.6) is 5.75 Å². The van der Waals surface area contributed by atoms with E-state index in [0.29, 0.717) is 29.5 Å². The normalized spacial score (nSPS) is 11.4. The van der Waals surface area contributed by atoms with Crippen molar-refractivity contribution >= 4 is 23.5 Å². The number of amides is 3. The minimum atomic E-state index is -0.968. The summed E-state index contributed by atoms with van der Waals surface area (Å²) < 4.78 is 15.7. The lowest BCUT2D eigenvalue weighted by Gasteiger charge is -2.31. The molecule has 2 N–H and O–H groups in total. The first-order valence-electron chi connectivity index (χ1n) is 11.4. The van der Waals surface area contributed by atoms with E-state index >= 15 is 0 Å². The van der Waals surface area contributed by atoms with E-state index in [0.717, 1.165) is 0 Å². The largest absolute Gasteiger partial charge is 0.497 e. The third-order valence-corrected chi connectivity index (χ3v) is 5.32. The zero-order valence-electron chi connectivity index (χ0n) is 20.3. The van der Waals surface area contributed by atoms with Gasteiger partial charge in [0.05, 0.1) is 26.5 Å². The van der Waals surface area contributed by atoms with Gasteiger partial charge >= 0.3 is 0 Å². The van der Waals surface area contributed by atoms with Crippen LogP contribution in [0.1, 0.15) is 30.2 Å². The third kappa shape index (κ3) is 7.67. The summed E-state index contributed by atoms with van der Waals surface area (Å²) in [7, 11) is 3.09. The second-order valence-electron chi connectivity index (χ2n) is 7.82. The van der Waals surface area contributed by atoms with Crippen LogP contribution in [0, 0.1) is 0 Å². The number of nitrogens with one attached hydrogen (secondary N) is 2. The topological polar surface area (TPSA) is 123 Å². The maximum Gasteiger partial charge on any atom is 0.247 e. The summed E-state index contributed by atoms with van der Waals surface area (Å²) in [6.45, 7) is 0.639. The Morgan fingerprint density at radius 2 is 1.83 bits per heavy atom. The number of pyridine rings is 1. The molecule has 2 aromatic heterocycles. The van der Waals surface area contributed by atoms with E-state index in [1.165, 1.54) is 18.3 Å². The molecule has 0 aliphatic heterocycles. The van der Waals surface area contributed by atoms with Crippen LogP contribution < -0.4 is 15.4 Å². The molecular weight excluding hydrogens is 464 g/mol. The maximum absolute atomic E-state index is 13.5. The van der Waals surface area contributed by atoms with Crippen LogP contribution in [0.2, 0.25) is 0 Å². The fraction of sp³-hybridized carbons (Fsp3) is 0.308. The van der Waals surface area contributed by atoms with E-state index in [4.69, 9.17) is 13.9 Å². The number of carbonyl (C=O) groups is 3. The molecule has 3 rings (SSSR count). The highest BCUT2D eigenvalue weighted by atomic mass is 16.5. The maximum atomic E-state index is 13.5. The monoisotopic (exact) mass is 494 g/mol. The molecular formula is C26H30N4O6. The molecule has 0 spiro atoms. The number of rotatable bonds is 13. The number of hydrogen-bond donors (Lipinski definition) is 2. The van der Waals surface area contributed by atoms with Gasteiger partial charge in [-0.1, -0.05) is 18.2 Å². The van der Waals surface area contributed by atoms with Crippen molar-refractivity contribution in [3.8, 4) is 5.75 Å². The Morgan fingerprint density at radius 3 is 2.47 bits per heavy atom. The predicted octanol–water partition coefficient (Wildman–Crippen LogP) is 2.93. The second kappa shape index (κ2) is 13.6. The summed E-state index contributed by atoms with van der Waals surface area (Å²) in [6.07, 6.45) is 2.87. The molecule has 0 aliphatic carbocycles. The van der Waals surface area contributed by atoms with Gasteiger partial charge in [0.2, 0.25) is 17.7 Å². The number of aromatic nitrogens is 1. The molecule has 2 heterocycles. The van der Waals surface area contributed by atoms with Crippen LogP contribution in [0.25, 0.3) is 0 Å². The van der Waals surface area contributed by atoms with E-state index in [9.17, 15) is 14.4 Å². The van der Waals surface area contributed by atoms with E-state index in [-0.39, 0.29) is 43.7 Å². The molecule has 3 aromatic rings. The van der Waals surface area contributed by atoms with E-state index in [1.807, 2.05) is 0 Å². The average Bonchev–Trinajstić information content (AvgIpc) is 3.41. The van der Waals surface area contributed by atoms with Crippen molar-refractivity contribution in [3.05, 3.63) is 78.4 Å². The zero-order valence-corrected chi connectivity index (χ0v) is 20.3. The fourth-order valence-electron chi connectivity index (χ4n) is 3.53. The van der Waals surface area contributed by atoms with Crippen molar-refractivity contribution in [1.29, 1.82) is 0 Å². The van der Waals surface area contributed by atoms with Crippen LogP contribution in [-0.4, -0.2) is 55.0 Å². The predicted molar refractivity (Wildman–Crippen MR) is 132 cm³/mol. The molecule has 10 heteroatoms. The Balaban J connectivity index is 1.83. The lowest BCUT2D eigenvalue weighted by molar-refractivity contribution is -0.142. The number of furan rings is 1. The quantitative estimate of drug-likeness (QED) is 0.350. The molecule has 0 bridgehead atoms. The number of hydrogen-bond acceptors (Lipinski definition) is 7. The Morgan fingerprint density at radius 1 is 1.03 bits per heavy atom. The third-order valence-electron chi connectivity index (χ3n) is 5.32. The highest BCUT2D eigenvalue weighted by Gasteiger charge is 2.32. The van der Waals surface area contributed by atoms with Gasteiger partial charge in [-0.15, -0.1) is 0 Å². The molecule has 10 nitrogen and oxygen atoms in total. The van der Waals surface area contributed by atoms with Crippen molar-refractivity contribution in [2.24, 2.45) is 0 Å². The van der Waals surface area contributed by atoms with Crippen LogP contribution in [0.3, 0.4) is 0 Å². The molecule has 1 atom stereocenters. The Hall–Kier alpha value is -4.18. The SMILES string of the molecule is COCCNC(=O)[C@@H](c1ccc(OC)cc1)N(Cc1ccco1)C(=O)CCC(=O)Nc1ccccn1. The van der Waals surface area contributed by atoms with Gasteiger partial charge in [-0.05, 0) is 42.0 Å². The Labute approximate surface area is 209 Å². The van der Waals surface area contributed by atoms with Crippen LogP contribution in [-0.2, 0) is 25.7 Å². The molecule has 0 saturated carbocycles. The lowest BCUT2D eigenvalue weighted by Crippen LogP contribution is -2.44. The lowest BCUT2D eigenvalue weighted by atomic mass is 10.0. The second-order valence-corrected chi connectivity index (χ2v) is 7.82. The summed E-state index contributed by atoms with van der Waals surface area (Å²) >= 11 is 0. The van der Waals surface area contributed by atoms with Crippen LogP contribution in [0.15, 0.2) is 71.5 Å². The van der Waals surface area contributed by atoms with Gasteiger partial charge in [0, 0.05) is 32.7 Å². The number of methoxy groups -OCH3 is 2. The highest BCUT2D eigenvalue weighted by Crippen LogP contribution is 2.27. The van der Waals surface area contributed by atoms with E-state index < -0.39 is 6.04 Å². The highest BCUT2D eigenvalue weighted by molar-refractivity contribution is 5.94. The van der Waals surface area contributed by atoms with E-state index in [1.54, 1.807) is 67.9 Å². The molecule has 0 fully saturated rings. The summed E-state index contributed by atoms with van der Waals surface area (Å²) in [5.74, 6) is 0.402. The van der Waals surface area contributed by atoms with E-state index in [2.05, 4.69) is 15.6 Å². The molecule has 3 amide bonds. The van der Waals surface area contributed by atoms with Crippen LogP contribution >= 0.6 is 0 Å². The molecule has 0 aliphatic rings. The summed E-state index contributed by atoms with van der Waals surface area (Å²) in [4.78, 5) is 44.7. The van der Waals surface area contributed by atoms with Crippen molar-refractivity contribution in [2.75, 3.05) is 32.7 Å². The molecule has 190 valence electrons. The average molecular weight is 495 g/mol. The van der Waals surface area contributed by atoms with Gasteiger partial charge in [0.25, 0.3) is 0 Å². The molecule has 0 unspecified atom stereocenters. The number of benzene rings is 1. The molecule has 0 radical (unpaired) electrons. The van der Waals surface area contributed by atoms with Crippen molar-refractivity contribution in [3.63, 3.8) is 0 Å². The van der Waals surface area contributed by atoms with Gasteiger partial charge in [0.1, 0.15) is 23.4 Å². The van der Waals surface area contributed by atoms with Gasteiger partial charge in [0.15, 0.2) is 0 Å². The first kappa shape index (κ1) is 26.4. The van der Waals surface area contributed by atoms with Crippen molar-refractivity contribution < 1.29 is 28.3 Å². The standard InChI is InChI=1S/C26H30N4O6/c1-34-17-15-28-26(33)25(19-8-10-20(35-2)11-9-19)30(18-21-6-5-16-36-21)24(32)13-12-23(31)29-22-7-3-4-14-27-22/h3-11,14,16,25H,12-13,15,17-18H2,1-2H3,(H,28,33)(H,27,29,31)/t25-/m1/s1.